The minimum absolute atomic E-state index is 0.231. The van der Waals surface area contributed by atoms with E-state index in [-0.39, 0.29) is 6.03 Å². The smallest absolute Gasteiger partial charge is 0.320 e. The lowest BCUT2D eigenvalue weighted by Crippen LogP contribution is -2.29. The molecule has 0 aliphatic heterocycles. The largest absolute Gasteiger partial charge is 0.334 e. The maximum absolute atomic E-state index is 12.2. The Kier molecular flexibility index (Phi) is 4.43. The van der Waals surface area contributed by atoms with Gasteiger partial charge < -0.3 is 5.32 Å². The van der Waals surface area contributed by atoms with E-state index >= 15 is 0 Å². The normalized spacial score (nSPS) is 14.8. The molecule has 3 aromatic rings. The Hall–Kier alpha value is -3.09. The molecule has 1 aliphatic carbocycles. The fourth-order valence-electron chi connectivity index (χ4n) is 3.05. The van der Waals surface area contributed by atoms with Crippen LogP contribution in [0.2, 0.25) is 0 Å². The van der Waals surface area contributed by atoms with Crippen LogP contribution in [0.15, 0.2) is 55.0 Å². The Morgan fingerprint density at radius 1 is 1.19 bits per heavy atom. The van der Waals surface area contributed by atoms with Gasteiger partial charge in [0.25, 0.3) is 0 Å². The van der Waals surface area contributed by atoms with E-state index in [9.17, 15) is 4.79 Å². The lowest BCUT2D eigenvalue weighted by Gasteiger charge is -2.15. The second kappa shape index (κ2) is 7.03. The summed E-state index contributed by atoms with van der Waals surface area (Å²) in [6.45, 7) is 2.60. The van der Waals surface area contributed by atoms with E-state index in [1.165, 1.54) is 12.8 Å². The van der Waals surface area contributed by atoms with Gasteiger partial charge in [0.2, 0.25) is 0 Å². The quantitative estimate of drug-likeness (QED) is 0.716. The molecular formula is C19H22N6O. The maximum atomic E-state index is 12.2. The summed E-state index contributed by atoms with van der Waals surface area (Å²) in [5.74, 6) is 1.41. The minimum atomic E-state index is -0.231. The highest BCUT2D eigenvalue weighted by atomic mass is 16.2. The van der Waals surface area contributed by atoms with Crippen molar-refractivity contribution in [1.29, 1.82) is 0 Å². The molecule has 1 saturated carbocycles. The standard InChI is InChI=1S/C19H22N6O/c1-14(16-5-6-16)25-18(9-11-22-25)23-19(26)20-13-15-3-7-17(8-4-15)24-12-2-10-21-24/h2-4,7-12,14,16H,5-6,13H2,1H3,(H2,20,23,26)/t14-/m1/s1. The lowest BCUT2D eigenvalue weighted by atomic mass is 10.2. The fourth-order valence-corrected chi connectivity index (χ4v) is 3.05. The van der Waals surface area contributed by atoms with Crippen molar-refractivity contribution in [2.75, 3.05) is 5.32 Å². The number of amides is 2. The first kappa shape index (κ1) is 16.4. The van der Waals surface area contributed by atoms with Gasteiger partial charge in [-0.05, 0) is 49.4 Å². The Balaban J connectivity index is 1.32. The molecule has 0 radical (unpaired) electrons. The van der Waals surface area contributed by atoms with Gasteiger partial charge in [0.1, 0.15) is 5.82 Å². The van der Waals surface area contributed by atoms with Crippen molar-refractivity contribution in [1.82, 2.24) is 24.9 Å². The van der Waals surface area contributed by atoms with Gasteiger partial charge in [-0.1, -0.05) is 12.1 Å². The van der Waals surface area contributed by atoms with E-state index < -0.39 is 0 Å². The van der Waals surface area contributed by atoms with E-state index in [1.807, 2.05) is 47.3 Å². The number of nitrogens with zero attached hydrogens (tertiary/aromatic N) is 4. The van der Waals surface area contributed by atoms with E-state index in [0.29, 0.717) is 18.5 Å². The first-order chi connectivity index (χ1) is 12.7. The monoisotopic (exact) mass is 350 g/mol. The second-order valence-corrected chi connectivity index (χ2v) is 6.66. The molecule has 7 heteroatoms. The lowest BCUT2D eigenvalue weighted by molar-refractivity contribution is 0.251. The van der Waals surface area contributed by atoms with Crippen LogP contribution in [0.1, 0.15) is 31.4 Å². The molecule has 1 aromatic carbocycles. The Bertz CT molecular complexity index is 864. The van der Waals surface area contributed by atoms with Gasteiger partial charge in [0.15, 0.2) is 0 Å². The van der Waals surface area contributed by atoms with Crippen molar-refractivity contribution in [3.05, 3.63) is 60.6 Å². The van der Waals surface area contributed by atoms with Gasteiger partial charge in [0.05, 0.1) is 17.9 Å². The first-order valence-electron chi connectivity index (χ1n) is 8.88. The molecule has 7 nitrogen and oxygen atoms in total. The van der Waals surface area contributed by atoms with E-state index in [1.54, 1.807) is 17.1 Å². The Morgan fingerprint density at radius 3 is 2.69 bits per heavy atom. The molecule has 4 rings (SSSR count). The van der Waals surface area contributed by atoms with Crippen LogP contribution in [0.3, 0.4) is 0 Å². The van der Waals surface area contributed by atoms with Crippen LogP contribution in [0, 0.1) is 5.92 Å². The van der Waals surface area contributed by atoms with Gasteiger partial charge in [-0.2, -0.15) is 10.2 Å². The molecule has 2 aromatic heterocycles. The molecule has 2 N–H and O–H groups in total. The number of rotatable bonds is 6. The third-order valence-electron chi connectivity index (χ3n) is 4.76. The summed E-state index contributed by atoms with van der Waals surface area (Å²) >= 11 is 0. The highest BCUT2D eigenvalue weighted by Gasteiger charge is 2.30. The van der Waals surface area contributed by atoms with Crippen LogP contribution in [0.5, 0.6) is 0 Å². The summed E-state index contributed by atoms with van der Waals surface area (Å²) in [7, 11) is 0. The molecule has 26 heavy (non-hydrogen) atoms. The minimum Gasteiger partial charge on any atom is -0.334 e. The maximum Gasteiger partial charge on any atom is 0.320 e. The molecule has 1 aliphatic rings. The number of nitrogens with one attached hydrogen (secondary N) is 2. The highest BCUT2D eigenvalue weighted by molar-refractivity contribution is 5.88. The fraction of sp³-hybridized carbons (Fsp3) is 0.316. The third-order valence-corrected chi connectivity index (χ3v) is 4.76. The number of carbonyl (C=O) groups is 1. The van der Waals surface area contributed by atoms with E-state index in [2.05, 4.69) is 27.8 Å². The number of hydrogen-bond acceptors (Lipinski definition) is 3. The van der Waals surface area contributed by atoms with Gasteiger partial charge in [-0.3, -0.25) is 5.32 Å². The molecular weight excluding hydrogens is 328 g/mol. The van der Waals surface area contributed by atoms with Crippen LogP contribution in [-0.4, -0.2) is 25.6 Å². The number of aromatic nitrogens is 4. The number of carbonyl (C=O) groups excluding carboxylic acids is 1. The molecule has 1 atom stereocenters. The predicted octanol–water partition coefficient (Wildman–Crippen LogP) is 3.36. The molecule has 2 amide bonds. The van der Waals surface area contributed by atoms with Crippen molar-refractivity contribution < 1.29 is 4.79 Å². The topological polar surface area (TPSA) is 76.8 Å². The zero-order valence-corrected chi connectivity index (χ0v) is 14.7. The van der Waals surface area contributed by atoms with Crippen molar-refractivity contribution in [3.8, 4) is 5.69 Å². The predicted molar refractivity (Wildman–Crippen MR) is 99.1 cm³/mol. The molecule has 0 unspecified atom stereocenters. The molecule has 0 spiro atoms. The van der Waals surface area contributed by atoms with Gasteiger partial charge in [-0.25, -0.2) is 14.2 Å². The summed E-state index contributed by atoms with van der Waals surface area (Å²) in [6, 6.07) is 11.7. The van der Waals surface area contributed by atoms with Crippen LogP contribution >= 0.6 is 0 Å². The number of benzene rings is 1. The average Bonchev–Trinajstić information content (AvgIpc) is 3.16. The first-order valence-corrected chi connectivity index (χ1v) is 8.88. The SMILES string of the molecule is C[C@H](C1CC1)n1nccc1NC(=O)NCc1ccc(-n2cccn2)cc1. The molecule has 1 fully saturated rings. The Morgan fingerprint density at radius 2 is 2.00 bits per heavy atom. The van der Waals surface area contributed by atoms with Crippen LogP contribution in [0.4, 0.5) is 10.6 Å². The van der Waals surface area contributed by atoms with Gasteiger partial charge >= 0.3 is 6.03 Å². The zero-order valence-electron chi connectivity index (χ0n) is 14.7. The van der Waals surface area contributed by atoms with E-state index in [4.69, 9.17) is 0 Å². The third kappa shape index (κ3) is 3.61. The van der Waals surface area contributed by atoms with Crippen LogP contribution < -0.4 is 10.6 Å². The molecule has 2 heterocycles. The highest BCUT2D eigenvalue weighted by Crippen LogP contribution is 2.40. The zero-order chi connectivity index (χ0) is 17.9. The van der Waals surface area contributed by atoms with Crippen LogP contribution in [0.25, 0.3) is 5.69 Å². The number of hydrogen-bond donors (Lipinski definition) is 2. The summed E-state index contributed by atoms with van der Waals surface area (Å²) in [4.78, 5) is 12.2. The van der Waals surface area contributed by atoms with Gasteiger partial charge in [0, 0.05) is 25.0 Å². The Labute approximate surface area is 152 Å². The molecule has 134 valence electrons. The van der Waals surface area contributed by atoms with Crippen LogP contribution in [-0.2, 0) is 6.54 Å². The van der Waals surface area contributed by atoms with Gasteiger partial charge in [-0.15, -0.1) is 0 Å². The summed E-state index contributed by atoms with van der Waals surface area (Å²) in [6.07, 6.45) is 7.84. The summed E-state index contributed by atoms with van der Waals surface area (Å²) in [5, 5.41) is 14.3. The van der Waals surface area contributed by atoms with Crippen molar-refractivity contribution in [3.63, 3.8) is 0 Å². The summed E-state index contributed by atoms with van der Waals surface area (Å²) in [5.41, 5.74) is 2.01. The summed E-state index contributed by atoms with van der Waals surface area (Å²) < 4.78 is 3.70. The van der Waals surface area contributed by atoms with Crippen molar-refractivity contribution in [2.45, 2.75) is 32.4 Å². The van der Waals surface area contributed by atoms with Crippen molar-refractivity contribution in [2.24, 2.45) is 5.92 Å². The average molecular weight is 350 g/mol. The second-order valence-electron chi connectivity index (χ2n) is 6.66. The number of anilines is 1. The van der Waals surface area contributed by atoms with Crippen molar-refractivity contribution >= 4 is 11.8 Å². The molecule has 0 saturated heterocycles. The molecule has 0 bridgehead atoms. The van der Waals surface area contributed by atoms with E-state index in [0.717, 1.165) is 17.1 Å². The number of urea groups is 1.